The molecule has 2 aromatic carbocycles. The van der Waals surface area contributed by atoms with E-state index < -0.39 is 17.7 Å². The van der Waals surface area contributed by atoms with Gasteiger partial charge in [-0.2, -0.15) is 0 Å². The SMILES string of the molecule is CC.CC.O=C1NCc2nc(Sc3ccc(F)cc3F)c(Br)cc2N1c1c(Cl)cccc1Cl. The first kappa shape index (κ1) is 27.4. The maximum Gasteiger partial charge on any atom is 0.326 e. The zero-order valence-electron chi connectivity index (χ0n) is 18.3. The third kappa shape index (κ3) is 6.18. The van der Waals surface area contributed by atoms with Crippen LogP contribution in [-0.2, 0) is 6.54 Å². The van der Waals surface area contributed by atoms with Gasteiger partial charge in [0, 0.05) is 11.0 Å². The smallest absolute Gasteiger partial charge is 0.326 e. The number of fused-ring (bicyclic) bond motifs is 1. The number of carbonyl (C=O) groups excluding carboxylic acids is 1. The number of hydrogen-bond acceptors (Lipinski definition) is 3. The quantitative estimate of drug-likeness (QED) is 0.338. The van der Waals surface area contributed by atoms with Gasteiger partial charge in [0.1, 0.15) is 16.7 Å². The molecule has 2 heterocycles. The second-order valence-corrected chi connectivity index (χ2v) is 8.68. The fourth-order valence-electron chi connectivity index (χ4n) is 2.83. The van der Waals surface area contributed by atoms with E-state index in [9.17, 15) is 13.6 Å². The van der Waals surface area contributed by atoms with E-state index in [1.165, 1.54) is 17.0 Å². The number of halogens is 5. The van der Waals surface area contributed by atoms with Crippen molar-refractivity contribution < 1.29 is 13.6 Å². The highest BCUT2D eigenvalue weighted by molar-refractivity contribution is 9.10. The van der Waals surface area contributed by atoms with Gasteiger partial charge in [-0.05, 0) is 46.3 Å². The second kappa shape index (κ2) is 12.6. The van der Waals surface area contributed by atoms with E-state index >= 15 is 0 Å². The Balaban J connectivity index is 0.000000914. The van der Waals surface area contributed by atoms with Gasteiger partial charge in [-0.3, -0.25) is 4.90 Å². The molecule has 0 atom stereocenters. The maximum atomic E-state index is 14.0. The highest BCUT2D eigenvalue weighted by Gasteiger charge is 2.30. The molecule has 0 aliphatic carbocycles. The van der Waals surface area contributed by atoms with Crippen molar-refractivity contribution in [1.29, 1.82) is 0 Å². The van der Waals surface area contributed by atoms with Crippen LogP contribution in [0.4, 0.5) is 25.0 Å². The number of benzene rings is 2. The van der Waals surface area contributed by atoms with E-state index in [1.54, 1.807) is 24.3 Å². The Labute approximate surface area is 214 Å². The summed E-state index contributed by atoms with van der Waals surface area (Å²) in [4.78, 5) is 18.7. The predicted octanol–water partition coefficient (Wildman–Crippen LogP) is 8.99. The monoisotopic (exact) mass is 575 g/mol. The summed E-state index contributed by atoms with van der Waals surface area (Å²) in [6.07, 6.45) is 0. The van der Waals surface area contributed by atoms with Crippen molar-refractivity contribution in [3.8, 4) is 0 Å². The van der Waals surface area contributed by atoms with Gasteiger partial charge in [0.25, 0.3) is 0 Å². The number of aromatic nitrogens is 1. The molecule has 4 nitrogen and oxygen atoms in total. The van der Waals surface area contributed by atoms with Crippen LogP contribution in [-0.4, -0.2) is 11.0 Å². The largest absolute Gasteiger partial charge is 0.332 e. The molecule has 1 aliphatic heterocycles. The van der Waals surface area contributed by atoms with Crippen LogP contribution in [0.2, 0.25) is 10.0 Å². The molecule has 4 rings (SSSR count). The molecule has 0 spiro atoms. The van der Waals surface area contributed by atoms with Crippen LogP contribution >= 0.6 is 50.9 Å². The van der Waals surface area contributed by atoms with Crippen LogP contribution < -0.4 is 10.2 Å². The predicted molar refractivity (Wildman–Crippen MR) is 136 cm³/mol. The van der Waals surface area contributed by atoms with E-state index in [0.717, 1.165) is 17.8 Å². The van der Waals surface area contributed by atoms with Crippen LogP contribution in [0.25, 0.3) is 0 Å². The fourth-order valence-corrected chi connectivity index (χ4v) is 4.76. The summed E-state index contributed by atoms with van der Waals surface area (Å²) in [5, 5.41) is 3.82. The number of nitrogens with one attached hydrogen (secondary N) is 1. The first-order chi connectivity index (χ1) is 15.8. The number of para-hydroxylation sites is 1. The molecule has 0 fully saturated rings. The number of nitrogens with zero attached hydrogens (tertiary/aromatic N) is 2. The average molecular weight is 577 g/mol. The fraction of sp³-hybridized carbons (Fsp3) is 0.217. The lowest BCUT2D eigenvalue weighted by atomic mass is 10.2. The maximum absolute atomic E-state index is 14.0. The summed E-state index contributed by atoms with van der Waals surface area (Å²) >= 11 is 17.0. The van der Waals surface area contributed by atoms with Crippen LogP contribution in [0.1, 0.15) is 33.4 Å². The third-order valence-electron chi connectivity index (χ3n) is 4.11. The zero-order valence-corrected chi connectivity index (χ0v) is 22.3. The lowest BCUT2D eigenvalue weighted by Gasteiger charge is -2.31. The zero-order chi connectivity index (χ0) is 24.7. The standard InChI is InChI=1S/C19H10BrCl2F2N3OS.2C2H6/c20-10-7-15-14(26-18(10)29-16-5-4-9(23)6-13(16)24)8-25-19(28)27(15)17-11(21)2-1-3-12(17)22;2*1-2/h1-7H,8H2,(H,25,28);2*1-2H3. The Kier molecular flexibility index (Phi) is 10.4. The molecule has 2 amide bonds. The molecular weight excluding hydrogens is 555 g/mol. The van der Waals surface area contributed by atoms with Gasteiger partial charge in [0.2, 0.25) is 0 Å². The molecule has 0 saturated carbocycles. The molecule has 3 aromatic rings. The van der Waals surface area contributed by atoms with Crippen LogP contribution in [0.3, 0.4) is 0 Å². The van der Waals surface area contributed by atoms with Gasteiger partial charge in [-0.15, -0.1) is 0 Å². The number of rotatable bonds is 3. The topological polar surface area (TPSA) is 45.2 Å². The Hall–Kier alpha value is -1.87. The molecule has 0 bridgehead atoms. The van der Waals surface area contributed by atoms with Gasteiger partial charge in [0.05, 0.1) is 38.1 Å². The molecule has 0 saturated heterocycles. The summed E-state index contributed by atoms with van der Waals surface area (Å²) < 4.78 is 27.7. The number of pyridine rings is 1. The van der Waals surface area contributed by atoms with Gasteiger partial charge in [-0.25, -0.2) is 18.6 Å². The average Bonchev–Trinajstić information content (AvgIpc) is 2.80. The summed E-state index contributed by atoms with van der Waals surface area (Å²) in [6, 6.07) is 9.59. The molecule has 176 valence electrons. The minimum absolute atomic E-state index is 0.180. The Morgan fingerprint density at radius 3 is 2.30 bits per heavy atom. The summed E-state index contributed by atoms with van der Waals surface area (Å²) in [6.45, 7) is 8.18. The van der Waals surface area contributed by atoms with Crippen molar-refractivity contribution >= 4 is 68.3 Å². The number of carbonyl (C=O) groups is 1. The summed E-state index contributed by atoms with van der Waals surface area (Å²) in [7, 11) is 0. The normalized spacial score (nSPS) is 12.0. The highest BCUT2D eigenvalue weighted by atomic mass is 79.9. The van der Waals surface area contributed by atoms with Crippen molar-refractivity contribution in [3.05, 3.63) is 74.3 Å². The number of urea groups is 1. The van der Waals surface area contributed by atoms with E-state index in [0.29, 0.717) is 36.6 Å². The lowest BCUT2D eigenvalue weighted by molar-refractivity contribution is 0.246. The van der Waals surface area contributed by atoms with E-state index in [4.69, 9.17) is 23.2 Å². The lowest BCUT2D eigenvalue weighted by Crippen LogP contribution is -2.42. The van der Waals surface area contributed by atoms with Crippen molar-refractivity contribution in [3.63, 3.8) is 0 Å². The summed E-state index contributed by atoms with van der Waals surface area (Å²) in [5.41, 5.74) is 1.39. The first-order valence-corrected chi connectivity index (χ1v) is 12.6. The minimum atomic E-state index is -0.681. The first-order valence-electron chi connectivity index (χ1n) is 10.2. The Bertz CT molecular complexity index is 1130. The number of amides is 2. The molecule has 0 radical (unpaired) electrons. The molecule has 1 aromatic heterocycles. The summed E-state index contributed by atoms with van der Waals surface area (Å²) in [5.74, 6) is -1.33. The molecule has 1 aliphatic rings. The van der Waals surface area contributed by atoms with Crippen molar-refractivity contribution in [2.75, 3.05) is 4.90 Å². The van der Waals surface area contributed by atoms with Crippen molar-refractivity contribution in [2.45, 2.75) is 44.2 Å². The van der Waals surface area contributed by atoms with Gasteiger partial charge in [0.15, 0.2) is 0 Å². The molecule has 1 N–H and O–H groups in total. The van der Waals surface area contributed by atoms with Crippen LogP contribution in [0.5, 0.6) is 0 Å². The van der Waals surface area contributed by atoms with Gasteiger partial charge < -0.3 is 5.32 Å². The molecular formula is C23H22BrCl2F2N3OS. The Morgan fingerprint density at radius 1 is 1.06 bits per heavy atom. The van der Waals surface area contributed by atoms with Crippen molar-refractivity contribution in [2.24, 2.45) is 0 Å². The molecule has 10 heteroatoms. The molecule has 0 unspecified atom stereocenters. The Morgan fingerprint density at radius 2 is 1.70 bits per heavy atom. The highest BCUT2D eigenvalue weighted by Crippen LogP contribution is 2.43. The van der Waals surface area contributed by atoms with Crippen LogP contribution in [0, 0.1) is 11.6 Å². The number of anilines is 2. The minimum Gasteiger partial charge on any atom is -0.332 e. The third-order valence-corrected chi connectivity index (χ3v) is 6.65. The van der Waals surface area contributed by atoms with Crippen LogP contribution in [0.15, 0.2) is 56.9 Å². The number of hydrogen-bond donors (Lipinski definition) is 1. The molecule has 33 heavy (non-hydrogen) atoms. The van der Waals surface area contributed by atoms with Gasteiger partial charge in [-0.1, -0.05) is 68.7 Å². The van der Waals surface area contributed by atoms with Gasteiger partial charge >= 0.3 is 6.03 Å². The van der Waals surface area contributed by atoms with E-state index in [-0.39, 0.29) is 11.4 Å². The van der Waals surface area contributed by atoms with Crippen molar-refractivity contribution in [1.82, 2.24) is 10.3 Å². The second-order valence-electron chi connectivity index (χ2n) is 5.98. The van der Waals surface area contributed by atoms with E-state index in [1.807, 2.05) is 27.7 Å². The van der Waals surface area contributed by atoms with E-state index in [2.05, 4.69) is 26.2 Å².